The Bertz CT molecular complexity index is 336. The number of rotatable bonds is 6. The standard InChI is InChI=1S/C13H19NOS/c1-10(14)12-3-2-4-13(7-12)16-9-15-8-11-5-6-11/h2-4,7,10-11H,5-6,8-9,14H2,1H3. The van der Waals surface area contributed by atoms with E-state index in [4.69, 9.17) is 10.5 Å². The molecule has 2 N–H and O–H groups in total. The Morgan fingerprint density at radius 1 is 1.50 bits per heavy atom. The van der Waals surface area contributed by atoms with E-state index in [-0.39, 0.29) is 6.04 Å². The Kier molecular flexibility index (Phi) is 4.27. The predicted molar refractivity (Wildman–Crippen MR) is 68.4 cm³/mol. The van der Waals surface area contributed by atoms with Crippen LogP contribution in [0.15, 0.2) is 29.2 Å². The van der Waals surface area contributed by atoms with E-state index in [1.807, 2.05) is 6.92 Å². The second kappa shape index (κ2) is 5.71. The fraction of sp³-hybridized carbons (Fsp3) is 0.538. The molecule has 1 unspecified atom stereocenters. The molecule has 1 saturated carbocycles. The fourth-order valence-corrected chi connectivity index (χ4v) is 2.21. The lowest BCUT2D eigenvalue weighted by atomic mass is 10.1. The first-order valence-corrected chi connectivity index (χ1v) is 6.80. The molecule has 1 aromatic carbocycles. The quantitative estimate of drug-likeness (QED) is 0.469. The predicted octanol–water partition coefficient (Wildman–Crippen LogP) is 3.18. The topological polar surface area (TPSA) is 35.2 Å². The summed E-state index contributed by atoms with van der Waals surface area (Å²) in [6.07, 6.45) is 2.70. The lowest BCUT2D eigenvalue weighted by Gasteiger charge is -2.08. The first-order chi connectivity index (χ1) is 7.75. The molecule has 1 aromatic rings. The van der Waals surface area contributed by atoms with Crippen LogP contribution in [0.3, 0.4) is 0 Å². The van der Waals surface area contributed by atoms with Gasteiger partial charge in [-0.2, -0.15) is 0 Å². The van der Waals surface area contributed by atoms with Gasteiger partial charge in [0.1, 0.15) is 0 Å². The highest BCUT2D eigenvalue weighted by Gasteiger charge is 2.20. The summed E-state index contributed by atoms with van der Waals surface area (Å²) in [6, 6.07) is 8.49. The van der Waals surface area contributed by atoms with Gasteiger partial charge in [-0.25, -0.2) is 0 Å². The Balaban J connectivity index is 1.76. The second-order valence-electron chi connectivity index (χ2n) is 4.44. The molecule has 1 fully saturated rings. The summed E-state index contributed by atoms with van der Waals surface area (Å²) >= 11 is 1.74. The number of benzene rings is 1. The average molecular weight is 237 g/mol. The second-order valence-corrected chi connectivity index (χ2v) is 5.43. The molecular weight excluding hydrogens is 218 g/mol. The van der Waals surface area contributed by atoms with Gasteiger partial charge >= 0.3 is 0 Å². The molecule has 2 rings (SSSR count). The maximum atomic E-state index is 5.84. The zero-order valence-electron chi connectivity index (χ0n) is 9.69. The van der Waals surface area contributed by atoms with Crippen molar-refractivity contribution < 1.29 is 4.74 Å². The average Bonchev–Trinajstić information content (AvgIpc) is 3.09. The van der Waals surface area contributed by atoms with Crippen LogP contribution in [0.1, 0.15) is 31.4 Å². The minimum Gasteiger partial charge on any atom is -0.370 e. The van der Waals surface area contributed by atoms with Gasteiger partial charge < -0.3 is 10.5 Å². The highest BCUT2D eigenvalue weighted by molar-refractivity contribution is 7.99. The summed E-state index contributed by atoms with van der Waals surface area (Å²) in [4.78, 5) is 1.24. The van der Waals surface area contributed by atoms with E-state index in [2.05, 4.69) is 24.3 Å². The van der Waals surface area contributed by atoms with Gasteiger partial charge in [0, 0.05) is 10.9 Å². The molecule has 0 amide bonds. The Hall–Kier alpha value is -0.510. The third-order valence-corrected chi connectivity index (χ3v) is 3.62. The van der Waals surface area contributed by atoms with E-state index in [0.29, 0.717) is 0 Å². The fourth-order valence-electron chi connectivity index (χ4n) is 1.50. The zero-order valence-corrected chi connectivity index (χ0v) is 10.5. The molecule has 0 aromatic heterocycles. The molecule has 2 nitrogen and oxygen atoms in total. The Labute approximate surface area is 102 Å². The first-order valence-electron chi connectivity index (χ1n) is 5.82. The van der Waals surface area contributed by atoms with Gasteiger partial charge in [-0.3, -0.25) is 0 Å². The van der Waals surface area contributed by atoms with Crippen molar-refractivity contribution >= 4 is 11.8 Å². The third-order valence-electron chi connectivity index (χ3n) is 2.74. The van der Waals surface area contributed by atoms with Gasteiger partial charge in [0.2, 0.25) is 0 Å². The van der Waals surface area contributed by atoms with E-state index in [1.54, 1.807) is 11.8 Å². The summed E-state index contributed by atoms with van der Waals surface area (Å²) in [5.41, 5.74) is 7.03. The molecular formula is C13H19NOS. The summed E-state index contributed by atoms with van der Waals surface area (Å²) in [7, 11) is 0. The molecule has 3 heteroatoms. The lowest BCUT2D eigenvalue weighted by molar-refractivity contribution is 0.171. The molecule has 0 aliphatic heterocycles. The molecule has 0 radical (unpaired) electrons. The van der Waals surface area contributed by atoms with Gasteiger partial charge in [-0.1, -0.05) is 23.9 Å². The molecule has 88 valence electrons. The van der Waals surface area contributed by atoms with Crippen LogP contribution >= 0.6 is 11.8 Å². The molecule has 1 aliphatic carbocycles. The van der Waals surface area contributed by atoms with Crippen LogP contribution in [0.2, 0.25) is 0 Å². The van der Waals surface area contributed by atoms with Gasteiger partial charge in [0.05, 0.1) is 12.5 Å². The highest BCUT2D eigenvalue weighted by Crippen LogP contribution is 2.29. The first kappa shape index (κ1) is 12.0. The highest BCUT2D eigenvalue weighted by atomic mass is 32.2. The Morgan fingerprint density at radius 2 is 2.31 bits per heavy atom. The van der Waals surface area contributed by atoms with E-state index in [1.165, 1.54) is 23.3 Å². The van der Waals surface area contributed by atoms with Gasteiger partial charge in [0.25, 0.3) is 0 Å². The van der Waals surface area contributed by atoms with Gasteiger partial charge in [0.15, 0.2) is 0 Å². The summed E-state index contributed by atoms with van der Waals surface area (Å²) in [6.45, 7) is 2.94. The number of hydrogen-bond acceptors (Lipinski definition) is 3. The van der Waals surface area contributed by atoms with Crippen LogP contribution in [0, 0.1) is 5.92 Å². The van der Waals surface area contributed by atoms with Crippen LogP contribution in [0.5, 0.6) is 0 Å². The van der Waals surface area contributed by atoms with Gasteiger partial charge in [-0.05, 0) is 43.4 Å². The van der Waals surface area contributed by atoms with Crippen molar-refractivity contribution in [1.29, 1.82) is 0 Å². The smallest absolute Gasteiger partial charge is 0.0967 e. The minimum atomic E-state index is 0.105. The molecule has 1 aliphatic rings. The van der Waals surface area contributed by atoms with Crippen LogP contribution in [-0.2, 0) is 4.74 Å². The number of nitrogens with two attached hydrogens (primary N) is 1. The van der Waals surface area contributed by atoms with Crippen LogP contribution in [0.25, 0.3) is 0 Å². The summed E-state index contributed by atoms with van der Waals surface area (Å²) in [5.74, 6) is 1.59. The van der Waals surface area contributed by atoms with Crippen molar-refractivity contribution in [2.75, 3.05) is 12.5 Å². The molecule has 0 bridgehead atoms. The van der Waals surface area contributed by atoms with E-state index >= 15 is 0 Å². The van der Waals surface area contributed by atoms with Crippen molar-refractivity contribution in [3.63, 3.8) is 0 Å². The summed E-state index contributed by atoms with van der Waals surface area (Å²) < 4.78 is 5.59. The summed E-state index contributed by atoms with van der Waals surface area (Å²) in [5, 5.41) is 0. The van der Waals surface area contributed by atoms with Crippen LogP contribution in [0.4, 0.5) is 0 Å². The van der Waals surface area contributed by atoms with Crippen molar-refractivity contribution in [1.82, 2.24) is 0 Å². The van der Waals surface area contributed by atoms with E-state index in [0.717, 1.165) is 18.5 Å². The maximum Gasteiger partial charge on any atom is 0.0967 e. The molecule has 0 saturated heterocycles. The number of ether oxygens (including phenoxy) is 1. The molecule has 0 heterocycles. The largest absolute Gasteiger partial charge is 0.370 e. The monoisotopic (exact) mass is 237 g/mol. The van der Waals surface area contributed by atoms with Gasteiger partial charge in [-0.15, -0.1) is 0 Å². The van der Waals surface area contributed by atoms with Crippen LogP contribution < -0.4 is 5.73 Å². The van der Waals surface area contributed by atoms with Crippen molar-refractivity contribution in [3.8, 4) is 0 Å². The lowest BCUT2D eigenvalue weighted by Crippen LogP contribution is -2.04. The Morgan fingerprint density at radius 3 is 3.00 bits per heavy atom. The minimum absolute atomic E-state index is 0.105. The number of hydrogen-bond donors (Lipinski definition) is 1. The van der Waals surface area contributed by atoms with Crippen molar-refractivity contribution in [3.05, 3.63) is 29.8 Å². The maximum absolute atomic E-state index is 5.84. The van der Waals surface area contributed by atoms with E-state index in [9.17, 15) is 0 Å². The molecule has 16 heavy (non-hydrogen) atoms. The zero-order chi connectivity index (χ0) is 11.4. The molecule has 0 spiro atoms. The van der Waals surface area contributed by atoms with Crippen LogP contribution in [-0.4, -0.2) is 12.5 Å². The van der Waals surface area contributed by atoms with Crippen molar-refractivity contribution in [2.24, 2.45) is 11.7 Å². The normalized spacial score (nSPS) is 17.4. The van der Waals surface area contributed by atoms with E-state index < -0.39 is 0 Å². The molecule has 1 atom stereocenters. The SMILES string of the molecule is CC(N)c1cccc(SCOCC2CC2)c1. The van der Waals surface area contributed by atoms with Crippen molar-refractivity contribution in [2.45, 2.75) is 30.7 Å². The number of thioether (sulfide) groups is 1. The third kappa shape index (κ3) is 3.81.